The van der Waals surface area contributed by atoms with Crippen LogP contribution in [-0.2, 0) is 4.79 Å². The van der Waals surface area contributed by atoms with Crippen LogP contribution in [0.4, 0.5) is 5.69 Å². The van der Waals surface area contributed by atoms with E-state index >= 15 is 0 Å². The van der Waals surface area contributed by atoms with Crippen LogP contribution in [0.25, 0.3) is 0 Å². The molecule has 0 bridgehead atoms. The number of para-hydroxylation sites is 1. The topological polar surface area (TPSA) is 23.6 Å². The molecule has 0 N–H and O–H groups in total. The summed E-state index contributed by atoms with van der Waals surface area (Å²) in [6.07, 6.45) is 0.748. The Bertz CT molecular complexity index is 461. The second-order valence-electron chi connectivity index (χ2n) is 6.22. The Labute approximate surface area is 115 Å². The zero-order valence-electron chi connectivity index (χ0n) is 11.8. The zero-order chi connectivity index (χ0) is 13.5. The maximum Gasteiger partial charge on any atom is 0.141 e. The van der Waals surface area contributed by atoms with Crippen LogP contribution in [0.3, 0.4) is 0 Å². The maximum absolute atomic E-state index is 11.7. The summed E-state index contributed by atoms with van der Waals surface area (Å²) in [6.45, 7) is 8.43. The van der Waals surface area contributed by atoms with E-state index in [0.29, 0.717) is 11.8 Å². The Hall–Kier alpha value is -1.35. The van der Waals surface area contributed by atoms with E-state index in [-0.39, 0.29) is 5.41 Å². The van der Waals surface area contributed by atoms with Crippen molar-refractivity contribution in [2.45, 2.75) is 26.3 Å². The molecule has 3 rings (SSSR count). The smallest absolute Gasteiger partial charge is 0.141 e. The highest BCUT2D eigenvalue weighted by Gasteiger charge is 2.50. The first-order valence-electron chi connectivity index (χ1n) is 7.16. The van der Waals surface area contributed by atoms with Gasteiger partial charge in [-0.1, -0.05) is 32.0 Å². The van der Waals surface area contributed by atoms with Gasteiger partial charge in [0.25, 0.3) is 0 Å². The van der Waals surface area contributed by atoms with Gasteiger partial charge < -0.3 is 4.90 Å². The van der Waals surface area contributed by atoms with Gasteiger partial charge >= 0.3 is 0 Å². The molecule has 0 spiro atoms. The molecule has 2 aliphatic rings. The number of Topliss-reactive ketones (excluding diaryl/α,β-unsaturated/α-hetero) is 1. The first-order valence-corrected chi connectivity index (χ1v) is 7.16. The van der Waals surface area contributed by atoms with E-state index in [1.807, 2.05) is 0 Å². The molecule has 1 aliphatic heterocycles. The molecule has 1 unspecified atom stereocenters. The van der Waals surface area contributed by atoms with Crippen molar-refractivity contribution in [3.8, 4) is 0 Å². The first-order chi connectivity index (χ1) is 9.09. The van der Waals surface area contributed by atoms with Crippen molar-refractivity contribution >= 4 is 11.5 Å². The number of carbonyl (C=O) groups excluding carboxylic acids is 1. The molecule has 1 atom stereocenters. The van der Waals surface area contributed by atoms with Crippen LogP contribution in [-0.4, -0.2) is 42.9 Å². The highest BCUT2D eigenvalue weighted by molar-refractivity contribution is 5.91. The quantitative estimate of drug-likeness (QED) is 0.812. The number of anilines is 1. The van der Waals surface area contributed by atoms with Gasteiger partial charge in [-0.3, -0.25) is 9.69 Å². The lowest BCUT2D eigenvalue weighted by molar-refractivity contribution is -0.145. The van der Waals surface area contributed by atoms with Crippen LogP contribution >= 0.6 is 0 Å². The molecule has 1 saturated heterocycles. The molecule has 1 aromatic carbocycles. The van der Waals surface area contributed by atoms with E-state index < -0.39 is 0 Å². The normalized spacial score (nSPS) is 27.2. The molecular formula is C16H22N2O. The molecule has 1 aromatic rings. The molecule has 0 radical (unpaired) electrons. The lowest BCUT2D eigenvalue weighted by atomic mass is 9.65. The lowest BCUT2D eigenvalue weighted by Gasteiger charge is -2.51. The standard InChI is InChI=1S/C16H22N2O/c1-16(2)14(12-15(16)19)18-10-8-17(9-11-18)13-6-4-3-5-7-13/h3-7,14H,8-12H2,1-2H3. The van der Waals surface area contributed by atoms with E-state index in [1.54, 1.807) is 0 Å². The van der Waals surface area contributed by atoms with Crippen LogP contribution in [0.5, 0.6) is 0 Å². The van der Waals surface area contributed by atoms with Crippen molar-refractivity contribution < 1.29 is 4.79 Å². The summed E-state index contributed by atoms with van der Waals surface area (Å²) in [7, 11) is 0. The van der Waals surface area contributed by atoms with Gasteiger partial charge in [0.2, 0.25) is 0 Å². The van der Waals surface area contributed by atoms with Crippen LogP contribution in [0.1, 0.15) is 20.3 Å². The molecular weight excluding hydrogens is 236 g/mol. The van der Waals surface area contributed by atoms with Crippen LogP contribution in [0, 0.1) is 5.41 Å². The zero-order valence-corrected chi connectivity index (χ0v) is 11.8. The molecule has 2 fully saturated rings. The van der Waals surface area contributed by atoms with E-state index in [4.69, 9.17) is 0 Å². The fourth-order valence-electron chi connectivity index (χ4n) is 3.26. The van der Waals surface area contributed by atoms with Gasteiger partial charge in [0.15, 0.2) is 0 Å². The van der Waals surface area contributed by atoms with Crippen molar-refractivity contribution in [3.05, 3.63) is 30.3 Å². The van der Waals surface area contributed by atoms with E-state index in [0.717, 1.165) is 32.6 Å². The number of hydrogen-bond donors (Lipinski definition) is 0. The lowest BCUT2D eigenvalue weighted by Crippen LogP contribution is -2.62. The fraction of sp³-hybridized carbons (Fsp3) is 0.562. The summed E-state index contributed by atoms with van der Waals surface area (Å²) in [6, 6.07) is 11.0. The fourth-order valence-corrected chi connectivity index (χ4v) is 3.26. The van der Waals surface area contributed by atoms with Gasteiger partial charge in [-0.15, -0.1) is 0 Å². The van der Waals surface area contributed by atoms with Crippen LogP contribution in [0.2, 0.25) is 0 Å². The number of piperazine rings is 1. The van der Waals surface area contributed by atoms with E-state index in [2.05, 4.69) is 54.0 Å². The highest BCUT2D eigenvalue weighted by Crippen LogP contribution is 2.40. The van der Waals surface area contributed by atoms with E-state index in [1.165, 1.54) is 5.69 Å². The Morgan fingerprint density at radius 3 is 2.21 bits per heavy atom. The number of nitrogens with zero attached hydrogens (tertiary/aromatic N) is 2. The first kappa shape index (κ1) is 12.7. The Morgan fingerprint density at radius 2 is 1.68 bits per heavy atom. The maximum atomic E-state index is 11.7. The van der Waals surface area contributed by atoms with E-state index in [9.17, 15) is 4.79 Å². The Balaban J connectivity index is 1.60. The molecule has 1 heterocycles. The number of hydrogen-bond acceptors (Lipinski definition) is 3. The SMILES string of the molecule is CC1(C)C(=O)CC1N1CCN(c2ccccc2)CC1. The summed E-state index contributed by atoms with van der Waals surface area (Å²) >= 11 is 0. The number of ketones is 1. The Kier molecular flexibility index (Phi) is 3.09. The second-order valence-corrected chi connectivity index (χ2v) is 6.22. The predicted molar refractivity (Wildman–Crippen MR) is 77.4 cm³/mol. The third-order valence-corrected chi connectivity index (χ3v) is 4.81. The largest absolute Gasteiger partial charge is 0.369 e. The van der Waals surface area contributed by atoms with Crippen molar-refractivity contribution in [1.82, 2.24) is 4.90 Å². The van der Waals surface area contributed by atoms with Crippen molar-refractivity contribution in [3.63, 3.8) is 0 Å². The molecule has 1 saturated carbocycles. The van der Waals surface area contributed by atoms with Crippen molar-refractivity contribution in [2.24, 2.45) is 5.41 Å². The van der Waals surface area contributed by atoms with Crippen molar-refractivity contribution in [1.29, 1.82) is 0 Å². The average molecular weight is 258 g/mol. The highest BCUT2D eigenvalue weighted by atomic mass is 16.1. The predicted octanol–water partition coefficient (Wildman–Crippen LogP) is 2.18. The van der Waals surface area contributed by atoms with Crippen LogP contribution in [0.15, 0.2) is 30.3 Å². The molecule has 3 heteroatoms. The molecule has 102 valence electrons. The molecule has 19 heavy (non-hydrogen) atoms. The number of rotatable bonds is 2. The summed E-state index contributed by atoms with van der Waals surface area (Å²) in [4.78, 5) is 16.6. The van der Waals surface area contributed by atoms with Gasteiger partial charge in [0, 0.05) is 49.7 Å². The summed E-state index contributed by atoms with van der Waals surface area (Å²) in [5.74, 6) is 0.419. The summed E-state index contributed by atoms with van der Waals surface area (Å²) in [5.41, 5.74) is 1.18. The van der Waals surface area contributed by atoms with Gasteiger partial charge in [-0.25, -0.2) is 0 Å². The van der Waals surface area contributed by atoms with Gasteiger partial charge in [-0.05, 0) is 12.1 Å². The third-order valence-electron chi connectivity index (χ3n) is 4.81. The third kappa shape index (κ3) is 2.16. The van der Waals surface area contributed by atoms with Crippen molar-refractivity contribution in [2.75, 3.05) is 31.1 Å². The molecule has 0 aromatic heterocycles. The minimum atomic E-state index is -0.130. The number of carbonyl (C=O) groups is 1. The Morgan fingerprint density at radius 1 is 1.05 bits per heavy atom. The van der Waals surface area contributed by atoms with Gasteiger partial charge in [0.1, 0.15) is 5.78 Å². The minimum absolute atomic E-state index is 0.130. The minimum Gasteiger partial charge on any atom is -0.369 e. The van der Waals surface area contributed by atoms with Crippen LogP contribution < -0.4 is 4.90 Å². The molecule has 1 aliphatic carbocycles. The summed E-state index contributed by atoms with van der Waals surface area (Å²) in [5, 5.41) is 0. The molecule has 3 nitrogen and oxygen atoms in total. The molecule has 0 amide bonds. The monoisotopic (exact) mass is 258 g/mol. The van der Waals surface area contributed by atoms with Gasteiger partial charge in [-0.2, -0.15) is 0 Å². The average Bonchev–Trinajstić information content (AvgIpc) is 2.46. The number of benzene rings is 1. The summed E-state index contributed by atoms with van der Waals surface area (Å²) < 4.78 is 0. The van der Waals surface area contributed by atoms with Gasteiger partial charge in [0.05, 0.1) is 0 Å². The second kappa shape index (κ2) is 4.64.